The Morgan fingerprint density at radius 3 is 2.37 bits per heavy atom. The van der Waals surface area contributed by atoms with Gasteiger partial charge in [-0.25, -0.2) is 0 Å². The number of carbonyl (C=O) groups is 1. The maximum absolute atomic E-state index is 11.9. The number of carbonyl (C=O) groups excluding carboxylic acids is 1. The Morgan fingerprint density at radius 2 is 1.84 bits per heavy atom. The van der Waals surface area contributed by atoms with Gasteiger partial charge in [0.05, 0.1) is 0 Å². The summed E-state index contributed by atoms with van der Waals surface area (Å²) in [6.45, 7) is 7.45. The lowest BCUT2D eigenvalue weighted by molar-refractivity contribution is -0.118. The van der Waals surface area contributed by atoms with Crippen LogP contribution in [0.1, 0.15) is 51.2 Å². The number of benzene rings is 1. The summed E-state index contributed by atoms with van der Waals surface area (Å²) >= 11 is 0. The molecule has 2 heteroatoms. The van der Waals surface area contributed by atoms with Crippen molar-refractivity contribution in [2.45, 2.75) is 57.9 Å². The normalized spacial score (nSPS) is 15.5. The molecule has 2 nitrogen and oxygen atoms in total. The molecule has 1 saturated carbocycles. The molecule has 1 N–H and O–H groups in total. The first kappa shape index (κ1) is 14.3. The zero-order valence-electron chi connectivity index (χ0n) is 12.3. The molecule has 0 aliphatic heterocycles. The fourth-order valence-corrected chi connectivity index (χ4v) is 2.14. The Bertz CT molecular complexity index is 424. The molecule has 0 heterocycles. The van der Waals surface area contributed by atoms with Crippen molar-refractivity contribution in [2.75, 3.05) is 6.54 Å². The number of Topliss-reactive ketones (excluding diaryl/α,β-unsaturated/α-hetero) is 1. The first-order valence-corrected chi connectivity index (χ1v) is 7.29. The minimum atomic E-state index is 0.177. The van der Waals surface area contributed by atoms with Crippen molar-refractivity contribution >= 4 is 5.78 Å². The Hall–Kier alpha value is -1.15. The molecular weight excluding hydrogens is 234 g/mol. The van der Waals surface area contributed by atoms with E-state index in [0.29, 0.717) is 24.7 Å². The summed E-state index contributed by atoms with van der Waals surface area (Å²) in [5.74, 6) is 0.330. The third-order valence-electron chi connectivity index (χ3n) is 3.64. The summed E-state index contributed by atoms with van der Waals surface area (Å²) < 4.78 is 0. The second-order valence-electron chi connectivity index (χ2n) is 6.64. The second kappa shape index (κ2) is 5.87. The van der Waals surface area contributed by atoms with Gasteiger partial charge in [-0.15, -0.1) is 0 Å². The predicted molar refractivity (Wildman–Crippen MR) is 79.5 cm³/mol. The predicted octanol–water partition coefficient (Wildman–Crippen LogP) is 3.24. The van der Waals surface area contributed by atoms with Crippen LogP contribution in [0.15, 0.2) is 24.3 Å². The van der Waals surface area contributed by atoms with Gasteiger partial charge in [0.15, 0.2) is 0 Å². The molecular formula is C17H25NO. The fraction of sp³-hybridized carbons (Fsp3) is 0.588. The maximum atomic E-state index is 11.9. The quantitative estimate of drug-likeness (QED) is 0.849. The molecule has 19 heavy (non-hydrogen) atoms. The Labute approximate surface area is 116 Å². The van der Waals surface area contributed by atoms with E-state index in [1.165, 1.54) is 18.4 Å². The number of hydrogen-bond acceptors (Lipinski definition) is 2. The van der Waals surface area contributed by atoms with Gasteiger partial charge >= 0.3 is 0 Å². The smallest absolute Gasteiger partial charge is 0.138 e. The van der Waals surface area contributed by atoms with Crippen LogP contribution in [0.25, 0.3) is 0 Å². The number of hydrogen-bond donors (Lipinski definition) is 1. The lowest BCUT2D eigenvalue weighted by Gasteiger charge is -2.19. The maximum Gasteiger partial charge on any atom is 0.138 e. The summed E-state index contributed by atoms with van der Waals surface area (Å²) in [7, 11) is 0. The molecule has 104 valence electrons. The van der Waals surface area contributed by atoms with E-state index in [-0.39, 0.29) is 5.41 Å². The summed E-state index contributed by atoms with van der Waals surface area (Å²) in [5.41, 5.74) is 2.63. The van der Waals surface area contributed by atoms with Crippen molar-refractivity contribution in [1.82, 2.24) is 5.32 Å². The average Bonchev–Trinajstić information content (AvgIpc) is 3.12. The highest BCUT2D eigenvalue weighted by Gasteiger charge is 2.20. The van der Waals surface area contributed by atoms with E-state index in [0.717, 1.165) is 12.1 Å². The lowest BCUT2D eigenvalue weighted by atomic mass is 9.86. The van der Waals surface area contributed by atoms with Crippen molar-refractivity contribution < 1.29 is 4.79 Å². The SMILES string of the molecule is CC(C)(C)c1ccc(CC(=O)CCNC2CC2)cc1. The molecule has 1 aliphatic rings. The van der Waals surface area contributed by atoms with Gasteiger partial charge in [0.2, 0.25) is 0 Å². The molecule has 0 spiro atoms. The van der Waals surface area contributed by atoms with E-state index in [2.05, 4.69) is 50.4 Å². The van der Waals surface area contributed by atoms with Gasteiger partial charge in [-0.05, 0) is 29.4 Å². The monoisotopic (exact) mass is 259 g/mol. The standard InChI is InChI=1S/C17H25NO/c1-17(2,3)14-6-4-13(5-7-14)12-16(19)10-11-18-15-8-9-15/h4-7,15,18H,8-12H2,1-3H3. The largest absolute Gasteiger partial charge is 0.314 e. The molecule has 0 bridgehead atoms. The van der Waals surface area contributed by atoms with Crippen LogP contribution in [0.3, 0.4) is 0 Å². The van der Waals surface area contributed by atoms with E-state index >= 15 is 0 Å². The summed E-state index contributed by atoms with van der Waals surface area (Å²) in [6.07, 6.45) is 3.78. The van der Waals surface area contributed by atoms with Crippen LogP contribution in [0.2, 0.25) is 0 Å². The van der Waals surface area contributed by atoms with E-state index in [9.17, 15) is 4.79 Å². The molecule has 0 unspecified atom stereocenters. The van der Waals surface area contributed by atoms with E-state index < -0.39 is 0 Å². The summed E-state index contributed by atoms with van der Waals surface area (Å²) in [4.78, 5) is 11.9. The fourth-order valence-electron chi connectivity index (χ4n) is 2.14. The average molecular weight is 259 g/mol. The Morgan fingerprint density at radius 1 is 1.21 bits per heavy atom. The van der Waals surface area contributed by atoms with E-state index in [1.54, 1.807) is 0 Å². The molecule has 2 rings (SSSR count). The van der Waals surface area contributed by atoms with Crippen molar-refractivity contribution in [3.05, 3.63) is 35.4 Å². The van der Waals surface area contributed by atoms with Gasteiger partial charge in [0.25, 0.3) is 0 Å². The molecule has 1 aromatic rings. The second-order valence-corrected chi connectivity index (χ2v) is 6.64. The molecule has 0 saturated heterocycles. The molecule has 0 aromatic heterocycles. The van der Waals surface area contributed by atoms with Crippen LogP contribution >= 0.6 is 0 Å². The van der Waals surface area contributed by atoms with E-state index in [4.69, 9.17) is 0 Å². The first-order valence-electron chi connectivity index (χ1n) is 7.29. The molecule has 1 aromatic carbocycles. The Balaban J connectivity index is 1.79. The van der Waals surface area contributed by atoms with Gasteiger partial charge in [0, 0.05) is 25.4 Å². The van der Waals surface area contributed by atoms with Gasteiger partial charge in [-0.3, -0.25) is 4.79 Å². The van der Waals surface area contributed by atoms with Crippen molar-refractivity contribution in [1.29, 1.82) is 0 Å². The molecule has 0 radical (unpaired) electrons. The number of nitrogens with one attached hydrogen (secondary N) is 1. The van der Waals surface area contributed by atoms with Crippen molar-refractivity contribution in [3.8, 4) is 0 Å². The Kier molecular flexibility index (Phi) is 4.41. The molecule has 1 fully saturated rings. The van der Waals surface area contributed by atoms with Crippen LogP contribution in [-0.2, 0) is 16.6 Å². The summed E-state index contributed by atoms with van der Waals surface area (Å²) in [5, 5.41) is 3.38. The zero-order valence-corrected chi connectivity index (χ0v) is 12.3. The lowest BCUT2D eigenvalue weighted by Crippen LogP contribution is -2.20. The third kappa shape index (κ3) is 4.79. The van der Waals surface area contributed by atoms with Crippen LogP contribution in [0.4, 0.5) is 0 Å². The van der Waals surface area contributed by atoms with Gasteiger partial charge in [-0.2, -0.15) is 0 Å². The van der Waals surface area contributed by atoms with E-state index in [1.807, 2.05) is 0 Å². The van der Waals surface area contributed by atoms with Crippen LogP contribution < -0.4 is 5.32 Å². The molecule has 0 atom stereocenters. The highest BCUT2D eigenvalue weighted by Crippen LogP contribution is 2.22. The minimum Gasteiger partial charge on any atom is -0.314 e. The van der Waals surface area contributed by atoms with Gasteiger partial charge in [-0.1, -0.05) is 45.0 Å². The number of ketones is 1. The van der Waals surface area contributed by atoms with Crippen LogP contribution in [0.5, 0.6) is 0 Å². The minimum absolute atomic E-state index is 0.177. The van der Waals surface area contributed by atoms with Crippen LogP contribution in [0, 0.1) is 0 Å². The van der Waals surface area contributed by atoms with Gasteiger partial charge < -0.3 is 5.32 Å². The van der Waals surface area contributed by atoms with Crippen molar-refractivity contribution in [2.24, 2.45) is 0 Å². The van der Waals surface area contributed by atoms with Crippen LogP contribution in [-0.4, -0.2) is 18.4 Å². The van der Waals surface area contributed by atoms with Crippen molar-refractivity contribution in [3.63, 3.8) is 0 Å². The molecule has 1 aliphatic carbocycles. The number of rotatable bonds is 6. The highest BCUT2D eigenvalue weighted by atomic mass is 16.1. The molecule has 0 amide bonds. The topological polar surface area (TPSA) is 29.1 Å². The highest BCUT2D eigenvalue weighted by molar-refractivity contribution is 5.81. The first-order chi connectivity index (χ1) is 8.95. The summed E-state index contributed by atoms with van der Waals surface area (Å²) in [6, 6.07) is 9.16. The van der Waals surface area contributed by atoms with Gasteiger partial charge in [0.1, 0.15) is 5.78 Å². The third-order valence-corrected chi connectivity index (χ3v) is 3.64. The zero-order chi connectivity index (χ0) is 13.9.